The van der Waals surface area contributed by atoms with Crippen LogP contribution in [0.5, 0.6) is 0 Å². The Balaban J connectivity index is 3.01. The highest BCUT2D eigenvalue weighted by molar-refractivity contribution is 9.10. The molecule has 1 aromatic heterocycles. The van der Waals surface area contributed by atoms with Gasteiger partial charge in [-0.1, -0.05) is 0 Å². The summed E-state index contributed by atoms with van der Waals surface area (Å²) in [6, 6.07) is 1.80. The summed E-state index contributed by atoms with van der Waals surface area (Å²) in [5.41, 5.74) is 13.1. The molecule has 0 aliphatic heterocycles. The molecular formula is C8H12BrN3. The van der Waals surface area contributed by atoms with Crippen LogP contribution >= 0.6 is 15.9 Å². The minimum Gasteiger partial charge on any atom is -0.329 e. The van der Waals surface area contributed by atoms with Crippen LogP contribution in [0.25, 0.3) is 0 Å². The van der Waals surface area contributed by atoms with Crippen LogP contribution in [-0.2, 0) is 0 Å². The van der Waals surface area contributed by atoms with Crippen molar-refractivity contribution in [2.24, 2.45) is 11.5 Å². The molecule has 1 rings (SSSR count). The summed E-state index contributed by atoms with van der Waals surface area (Å²) < 4.78 is 0.931. The first-order chi connectivity index (χ1) is 5.65. The lowest BCUT2D eigenvalue weighted by Gasteiger charge is -2.09. The van der Waals surface area contributed by atoms with Crippen LogP contribution in [0.3, 0.4) is 0 Å². The number of rotatable bonds is 2. The summed E-state index contributed by atoms with van der Waals surface area (Å²) in [6.45, 7) is 2.39. The topological polar surface area (TPSA) is 64.9 Å². The van der Waals surface area contributed by atoms with Gasteiger partial charge in [-0.05, 0) is 34.5 Å². The molecule has 0 aromatic carbocycles. The van der Waals surface area contributed by atoms with Gasteiger partial charge in [0.2, 0.25) is 0 Å². The summed E-state index contributed by atoms with van der Waals surface area (Å²) in [5.74, 6) is 0. The predicted molar refractivity (Wildman–Crippen MR) is 52.7 cm³/mol. The zero-order valence-corrected chi connectivity index (χ0v) is 8.51. The number of halogens is 1. The molecule has 0 radical (unpaired) electrons. The van der Waals surface area contributed by atoms with Crippen LogP contribution in [0.1, 0.15) is 17.3 Å². The maximum atomic E-state index is 5.73. The normalized spacial score (nSPS) is 13.0. The third-order valence-electron chi connectivity index (χ3n) is 1.61. The molecule has 0 fully saturated rings. The molecule has 0 bridgehead atoms. The van der Waals surface area contributed by atoms with E-state index in [9.17, 15) is 0 Å². The van der Waals surface area contributed by atoms with Crippen molar-refractivity contribution in [2.45, 2.75) is 13.0 Å². The van der Waals surface area contributed by atoms with Gasteiger partial charge in [-0.15, -0.1) is 0 Å². The Morgan fingerprint density at radius 3 is 2.83 bits per heavy atom. The quantitative estimate of drug-likeness (QED) is 0.799. The van der Waals surface area contributed by atoms with E-state index in [2.05, 4.69) is 20.9 Å². The first-order valence-corrected chi connectivity index (χ1v) is 4.52. The zero-order chi connectivity index (χ0) is 9.14. The Bertz CT molecular complexity index is 275. The Labute approximate surface area is 80.3 Å². The molecule has 12 heavy (non-hydrogen) atoms. The number of pyridine rings is 1. The highest BCUT2D eigenvalue weighted by Gasteiger charge is 2.08. The lowest BCUT2D eigenvalue weighted by atomic mass is 10.2. The average molecular weight is 230 g/mol. The van der Waals surface area contributed by atoms with Crippen molar-refractivity contribution in [1.82, 2.24) is 4.98 Å². The Hall–Kier alpha value is -0.450. The van der Waals surface area contributed by atoms with Crippen LogP contribution in [0.15, 0.2) is 16.7 Å². The van der Waals surface area contributed by atoms with Crippen LogP contribution in [0.2, 0.25) is 0 Å². The van der Waals surface area contributed by atoms with E-state index in [1.807, 2.05) is 13.0 Å². The van der Waals surface area contributed by atoms with Crippen molar-refractivity contribution < 1.29 is 0 Å². The molecule has 0 saturated carbocycles. The minimum atomic E-state index is -0.181. The smallest absolute Gasteiger partial charge is 0.0725 e. The van der Waals surface area contributed by atoms with Gasteiger partial charge in [-0.3, -0.25) is 4.98 Å². The summed E-state index contributed by atoms with van der Waals surface area (Å²) >= 11 is 3.39. The number of nitrogens with two attached hydrogens (primary N) is 2. The number of nitrogens with zero attached hydrogens (tertiary/aromatic N) is 1. The van der Waals surface area contributed by atoms with Gasteiger partial charge in [0.05, 0.1) is 11.7 Å². The van der Waals surface area contributed by atoms with Gasteiger partial charge in [-0.2, -0.15) is 0 Å². The third-order valence-corrected chi connectivity index (χ3v) is 2.25. The SMILES string of the molecule is Cc1cnc([C@@H](N)CN)c(Br)c1. The lowest BCUT2D eigenvalue weighted by Crippen LogP contribution is -2.22. The van der Waals surface area contributed by atoms with Gasteiger partial charge >= 0.3 is 0 Å². The molecular weight excluding hydrogens is 218 g/mol. The second kappa shape index (κ2) is 3.98. The molecule has 1 atom stereocenters. The van der Waals surface area contributed by atoms with E-state index < -0.39 is 0 Å². The Morgan fingerprint density at radius 1 is 1.67 bits per heavy atom. The van der Waals surface area contributed by atoms with E-state index in [0.717, 1.165) is 15.7 Å². The summed E-state index contributed by atoms with van der Waals surface area (Å²) in [6.07, 6.45) is 1.79. The van der Waals surface area contributed by atoms with Crippen molar-refractivity contribution in [1.29, 1.82) is 0 Å². The van der Waals surface area contributed by atoms with E-state index in [1.54, 1.807) is 6.20 Å². The maximum absolute atomic E-state index is 5.73. The number of hydrogen-bond acceptors (Lipinski definition) is 3. The molecule has 1 heterocycles. The van der Waals surface area contributed by atoms with E-state index in [0.29, 0.717) is 6.54 Å². The molecule has 0 aliphatic carbocycles. The highest BCUT2D eigenvalue weighted by atomic mass is 79.9. The first kappa shape index (κ1) is 9.64. The average Bonchev–Trinajstić information content (AvgIpc) is 2.03. The number of aromatic nitrogens is 1. The van der Waals surface area contributed by atoms with Crippen LogP contribution in [0, 0.1) is 6.92 Å². The van der Waals surface area contributed by atoms with Gasteiger partial charge in [0, 0.05) is 17.2 Å². The largest absolute Gasteiger partial charge is 0.329 e. The second-order valence-electron chi connectivity index (χ2n) is 2.72. The van der Waals surface area contributed by atoms with Crippen LogP contribution in [0.4, 0.5) is 0 Å². The fraction of sp³-hybridized carbons (Fsp3) is 0.375. The molecule has 0 amide bonds. The fourth-order valence-electron chi connectivity index (χ4n) is 0.929. The Morgan fingerprint density at radius 2 is 2.33 bits per heavy atom. The fourth-order valence-corrected chi connectivity index (χ4v) is 1.69. The van der Waals surface area contributed by atoms with Crippen molar-refractivity contribution in [3.05, 3.63) is 28.0 Å². The lowest BCUT2D eigenvalue weighted by molar-refractivity contribution is 0.706. The number of aryl methyl sites for hydroxylation is 1. The van der Waals surface area contributed by atoms with Crippen molar-refractivity contribution in [3.8, 4) is 0 Å². The molecule has 4 N–H and O–H groups in total. The monoisotopic (exact) mass is 229 g/mol. The van der Waals surface area contributed by atoms with E-state index in [1.165, 1.54) is 0 Å². The molecule has 0 spiro atoms. The van der Waals surface area contributed by atoms with E-state index >= 15 is 0 Å². The highest BCUT2D eigenvalue weighted by Crippen LogP contribution is 2.19. The van der Waals surface area contributed by atoms with Gasteiger partial charge in [0.15, 0.2) is 0 Å². The summed E-state index contributed by atoms with van der Waals surface area (Å²) in [7, 11) is 0. The van der Waals surface area contributed by atoms with E-state index in [4.69, 9.17) is 11.5 Å². The van der Waals surface area contributed by atoms with E-state index in [-0.39, 0.29) is 6.04 Å². The standard InChI is InChI=1S/C8H12BrN3/c1-5-2-6(9)8(12-4-5)7(11)3-10/h2,4,7H,3,10-11H2,1H3/t7-/m0/s1. The second-order valence-corrected chi connectivity index (χ2v) is 3.58. The molecule has 1 aromatic rings. The molecule has 3 nitrogen and oxygen atoms in total. The molecule has 0 unspecified atom stereocenters. The van der Waals surface area contributed by atoms with Gasteiger partial charge in [-0.25, -0.2) is 0 Å². The van der Waals surface area contributed by atoms with Crippen molar-refractivity contribution in [3.63, 3.8) is 0 Å². The third kappa shape index (κ3) is 2.03. The summed E-state index contributed by atoms with van der Waals surface area (Å²) in [5, 5.41) is 0. The zero-order valence-electron chi connectivity index (χ0n) is 6.92. The molecule has 66 valence electrons. The van der Waals surface area contributed by atoms with Crippen molar-refractivity contribution >= 4 is 15.9 Å². The Kier molecular flexibility index (Phi) is 3.20. The minimum absolute atomic E-state index is 0.181. The number of hydrogen-bond donors (Lipinski definition) is 2. The molecule has 0 saturated heterocycles. The van der Waals surface area contributed by atoms with Gasteiger partial charge in [0.1, 0.15) is 0 Å². The van der Waals surface area contributed by atoms with Crippen LogP contribution in [-0.4, -0.2) is 11.5 Å². The molecule has 0 aliphatic rings. The van der Waals surface area contributed by atoms with Crippen LogP contribution < -0.4 is 11.5 Å². The van der Waals surface area contributed by atoms with Gasteiger partial charge < -0.3 is 11.5 Å². The molecule has 4 heteroatoms. The van der Waals surface area contributed by atoms with Crippen molar-refractivity contribution in [2.75, 3.05) is 6.54 Å². The predicted octanol–water partition coefficient (Wildman–Crippen LogP) is 1.11. The first-order valence-electron chi connectivity index (χ1n) is 3.73. The maximum Gasteiger partial charge on any atom is 0.0725 e. The van der Waals surface area contributed by atoms with Gasteiger partial charge in [0.25, 0.3) is 0 Å². The summed E-state index contributed by atoms with van der Waals surface area (Å²) in [4.78, 5) is 4.20.